The van der Waals surface area contributed by atoms with Crippen LogP contribution in [0.5, 0.6) is 0 Å². The summed E-state index contributed by atoms with van der Waals surface area (Å²) < 4.78 is 14.9. The number of nitrogens with one attached hydrogen (secondary N) is 1. The summed E-state index contributed by atoms with van der Waals surface area (Å²) in [5.41, 5.74) is 2.03. The lowest BCUT2D eigenvalue weighted by Gasteiger charge is -2.12. The Labute approximate surface area is 215 Å². The Hall–Kier alpha value is -2.58. The van der Waals surface area contributed by atoms with Crippen LogP contribution in [0.4, 0.5) is 10.1 Å². The first kappa shape index (κ1) is 24.5. The summed E-state index contributed by atoms with van der Waals surface area (Å²) in [6.45, 7) is 0. The second kappa shape index (κ2) is 11.2. The van der Waals surface area contributed by atoms with Crippen molar-refractivity contribution >= 4 is 58.2 Å². The van der Waals surface area contributed by atoms with E-state index in [1.807, 2.05) is 28.8 Å². The van der Waals surface area contributed by atoms with Crippen LogP contribution < -0.4 is 5.32 Å². The minimum Gasteiger partial charge on any atom is -0.326 e. The van der Waals surface area contributed by atoms with Gasteiger partial charge in [-0.1, -0.05) is 58.7 Å². The van der Waals surface area contributed by atoms with Gasteiger partial charge in [0.15, 0.2) is 11.0 Å². The standard InChI is InChI=1S/C24H18Cl3FN4OS/c25-19-5-2-1-4-18(19)23-30-31-24(32(23)17-11-12-20(26)21(27)14-17)34-13-3-6-22(33)29-16-9-7-15(28)8-10-16/h1-2,4-5,7-12,14H,3,6,13H2,(H,29,33). The maximum Gasteiger partial charge on any atom is 0.224 e. The van der Waals surface area contributed by atoms with E-state index in [4.69, 9.17) is 34.8 Å². The number of carbonyl (C=O) groups excluding carboxylic acids is 1. The van der Waals surface area contributed by atoms with Crippen molar-refractivity contribution in [3.63, 3.8) is 0 Å². The lowest BCUT2D eigenvalue weighted by molar-refractivity contribution is -0.116. The van der Waals surface area contributed by atoms with Gasteiger partial charge in [0.05, 0.1) is 20.8 Å². The minimum absolute atomic E-state index is 0.144. The normalized spacial score (nSPS) is 10.9. The van der Waals surface area contributed by atoms with Crippen LogP contribution in [0.2, 0.25) is 15.1 Å². The van der Waals surface area contributed by atoms with Gasteiger partial charge in [0.2, 0.25) is 5.91 Å². The predicted molar refractivity (Wildman–Crippen MR) is 137 cm³/mol. The van der Waals surface area contributed by atoms with Gasteiger partial charge in [-0.15, -0.1) is 10.2 Å². The first-order chi connectivity index (χ1) is 16.4. The fraction of sp³-hybridized carbons (Fsp3) is 0.125. The van der Waals surface area contributed by atoms with Gasteiger partial charge in [-0.25, -0.2) is 4.39 Å². The summed E-state index contributed by atoms with van der Waals surface area (Å²) in [6.07, 6.45) is 0.913. The number of nitrogens with zero attached hydrogens (tertiary/aromatic N) is 3. The van der Waals surface area contributed by atoms with E-state index >= 15 is 0 Å². The molecule has 4 rings (SSSR count). The molecular weight excluding hydrogens is 518 g/mol. The highest BCUT2D eigenvalue weighted by Gasteiger charge is 2.19. The largest absolute Gasteiger partial charge is 0.326 e. The Kier molecular flexibility index (Phi) is 8.11. The zero-order chi connectivity index (χ0) is 24.1. The molecule has 0 radical (unpaired) electrons. The topological polar surface area (TPSA) is 59.8 Å². The van der Waals surface area contributed by atoms with Crippen molar-refractivity contribution in [3.05, 3.63) is 87.6 Å². The first-order valence-corrected chi connectivity index (χ1v) is 12.4. The second-order valence-corrected chi connectivity index (χ2v) is 9.51. The summed E-state index contributed by atoms with van der Waals surface area (Å²) in [4.78, 5) is 12.2. The Morgan fingerprint density at radius 3 is 2.44 bits per heavy atom. The quantitative estimate of drug-likeness (QED) is 0.187. The zero-order valence-corrected chi connectivity index (χ0v) is 20.7. The van der Waals surface area contributed by atoms with Crippen molar-refractivity contribution in [3.8, 4) is 17.1 Å². The fourth-order valence-corrected chi connectivity index (χ4v) is 4.59. The number of amides is 1. The van der Waals surface area contributed by atoms with Crippen molar-refractivity contribution in [2.45, 2.75) is 18.0 Å². The van der Waals surface area contributed by atoms with Crippen molar-refractivity contribution in [2.75, 3.05) is 11.1 Å². The molecule has 0 unspecified atom stereocenters. The maximum atomic E-state index is 13.0. The van der Waals surface area contributed by atoms with Crippen LogP contribution >= 0.6 is 46.6 Å². The number of aromatic nitrogens is 3. The van der Waals surface area contributed by atoms with E-state index in [2.05, 4.69) is 15.5 Å². The molecule has 1 amide bonds. The highest BCUT2D eigenvalue weighted by molar-refractivity contribution is 7.99. The molecule has 0 aliphatic rings. The summed E-state index contributed by atoms with van der Waals surface area (Å²) in [5.74, 6) is 0.700. The molecule has 10 heteroatoms. The molecule has 0 atom stereocenters. The van der Waals surface area contributed by atoms with Crippen molar-refractivity contribution in [2.24, 2.45) is 0 Å². The number of benzene rings is 3. The van der Waals surface area contributed by atoms with Crippen molar-refractivity contribution < 1.29 is 9.18 Å². The fourth-order valence-electron chi connectivity index (χ4n) is 3.19. The number of thioether (sulfide) groups is 1. The SMILES string of the molecule is O=C(CCCSc1nnc(-c2ccccc2Cl)n1-c1ccc(Cl)c(Cl)c1)Nc1ccc(F)cc1. The Morgan fingerprint density at radius 2 is 1.71 bits per heavy atom. The van der Waals surface area contributed by atoms with E-state index in [1.165, 1.54) is 36.0 Å². The van der Waals surface area contributed by atoms with Crippen LogP contribution in [0.25, 0.3) is 17.1 Å². The maximum absolute atomic E-state index is 13.0. The second-order valence-electron chi connectivity index (χ2n) is 7.23. The van der Waals surface area contributed by atoms with Crippen LogP contribution in [0.15, 0.2) is 71.9 Å². The molecule has 1 aromatic heterocycles. The lowest BCUT2D eigenvalue weighted by atomic mass is 10.2. The van der Waals surface area contributed by atoms with E-state index in [0.717, 1.165) is 11.3 Å². The monoisotopic (exact) mass is 534 g/mol. The number of rotatable bonds is 8. The molecule has 0 saturated carbocycles. The number of anilines is 1. The van der Waals surface area contributed by atoms with Crippen LogP contribution in [0.1, 0.15) is 12.8 Å². The average molecular weight is 536 g/mol. The third-order valence-corrected chi connectivity index (χ3v) is 6.90. The van der Waals surface area contributed by atoms with E-state index in [0.29, 0.717) is 50.3 Å². The first-order valence-electron chi connectivity index (χ1n) is 10.3. The Morgan fingerprint density at radius 1 is 0.941 bits per heavy atom. The van der Waals surface area contributed by atoms with E-state index in [-0.39, 0.29) is 11.7 Å². The molecule has 4 aromatic rings. The molecule has 0 bridgehead atoms. The van der Waals surface area contributed by atoms with Gasteiger partial charge >= 0.3 is 0 Å². The van der Waals surface area contributed by atoms with E-state index in [9.17, 15) is 9.18 Å². The molecule has 0 fully saturated rings. The molecule has 1 heterocycles. The predicted octanol–water partition coefficient (Wildman–Crippen LogP) is 7.54. The zero-order valence-electron chi connectivity index (χ0n) is 17.6. The van der Waals surface area contributed by atoms with Crippen LogP contribution in [0.3, 0.4) is 0 Å². The molecule has 0 spiro atoms. The smallest absolute Gasteiger partial charge is 0.224 e. The van der Waals surface area contributed by atoms with Gasteiger partial charge in [0.25, 0.3) is 0 Å². The van der Waals surface area contributed by atoms with Gasteiger partial charge in [-0.05, 0) is 61.0 Å². The summed E-state index contributed by atoms with van der Waals surface area (Å²) in [6, 6.07) is 18.3. The minimum atomic E-state index is -0.350. The van der Waals surface area contributed by atoms with E-state index < -0.39 is 0 Å². The highest BCUT2D eigenvalue weighted by Crippen LogP contribution is 2.34. The van der Waals surface area contributed by atoms with Gasteiger partial charge in [-0.2, -0.15) is 0 Å². The van der Waals surface area contributed by atoms with Crippen LogP contribution in [-0.4, -0.2) is 26.4 Å². The molecule has 34 heavy (non-hydrogen) atoms. The lowest BCUT2D eigenvalue weighted by Crippen LogP contribution is -2.11. The molecule has 0 aliphatic heterocycles. The molecular formula is C24H18Cl3FN4OS. The molecule has 5 nitrogen and oxygen atoms in total. The van der Waals surface area contributed by atoms with Gasteiger partial charge in [0.1, 0.15) is 5.82 Å². The number of halogens is 4. The number of hydrogen-bond acceptors (Lipinski definition) is 4. The van der Waals surface area contributed by atoms with Crippen LogP contribution in [0, 0.1) is 5.82 Å². The summed E-state index contributed by atoms with van der Waals surface area (Å²) in [5, 5.41) is 13.5. The molecule has 0 aliphatic carbocycles. The Balaban J connectivity index is 1.49. The highest BCUT2D eigenvalue weighted by atomic mass is 35.5. The Bertz CT molecular complexity index is 1310. The molecule has 3 aromatic carbocycles. The number of hydrogen-bond donors (Lipinski definition) is 1. The average Bonchev–Trinajstić information content (AvgIpc) is 3.24. The summed E-state index contributed by atoms with van der Waals surface area (Å²) >= 11 is 20.3. The number of carbonyl (C=O) groups is 1. The van der Waals surface area contributed by atoms with E-state index in [1.54, 1.807) is 18.2 Å². The summed E-state index contributed by atoms with van der Waals surface area (Å²) in [7, 11) is 0. The molecule has 1 N–H and O–H groups in total. The third-order valence-electron chi connectivity index (χ3n) is 4.82. The molecule has 174 valence electrons. The molecule has 0 saturated heterocycles. The van der Waals surface area contributed by atoms with Gasteiger partial charge in [0, 0.05) is 23.4 Å². The third kappa shape index (κ3) is 5.91. The van der Waals surface area contributed by atoms with Crippen molar-refractivity contribution in [1.29, 1.82) is 0 Å². The van der Waals surface area contributed by atoms with Gasteiger partial charge < -0.3 is 5.32 Å². The van der Waals surface area contributed by atoms with Crippen molar-refractivity contribution in [1.82, 2.24) is 14.8 Å². The van der Waals surface area contributed by atoms with Gasteiger partial charge in [-0.3, -0.25) is 9.36 Å². The van der Waals surface area contributed by atoms with Crippen LogP contribution in [-0.2, 0) is 4.79 Å².